The molecule has 5 heteroatoms. The summed E-state index contributed by atoms with van der Waals surface area (Å²) >= 11 is 6.10. The van der Waals surface area contributed by atoms with Crippen LogP contribution < -0.4 is 5.32 Å². The monoisotopic (exact) mass is 457 g/mol. The number of benzene rings is 2. The van der Waals surface area contributed by atoms with E-state index >= 15 is 0 Å². The van der Waals surface area contributed by atoms with Crippen molar-refractivity contribution in [3.8, 4) is 0 Å². The molecule has 2 aromatic carbocycles. The van der Waals surface area contributed by atoms with E-state index in [9.17, 15) is 9.90 Å². The number of unbranched alkanes of at least 4 members (excludes halogenated alkanes) is 1. The Morgan fingerprint density at radius 2 is 1.78 bits per heavy atom. The van der Waals surface area contributed by atoms with Crippen molar-refractivity contribution in [2.24, 2.45) is 5.92 Å². The Hall–Kier alpha value is -1.88. The van der Waals surface area contributed by atoms with Gasteiger partial charge < -0.3 is 15.2 Å². The smallest absolute Gasteiger partial charge is 0.311 e. The minimum Gasteiger partial charge on any atom is -0.460 e. The Kier molecular flexibility index (Phi) is 8.02. The zero-order valence-corrected chi connectivity index (χ0v) is 20.4. The highest BCUT2D eigenvalue weighted by Gasteiger charge is 2.50. The molecular weight excluding hydrogens is 422 g/mol. The fourth-order valence-corrected chi connectivity index (χ4v) is 4.85. The predicted molar refractivity (Wildman–Crippen MR) is 130 cm³/mol. The van der Waals surface area contributed by atoms with Crippen LogP contribution in [0.25, 0.3) is 0 Å². The first-order valence-electron chi connectivity index (χ1n) is 11.6. The van der Waals surface area contributed by atoms with E-state index in [1.54, 1.807) is 0 Å². The van der Waals surface area contributed by atoms with Gasteiger partial charge in [-0.1, -0.05) is 67.4 Å². The summed E-state index contributed by atoms with van der Waals surface area (Å²) in [4.78, 5) is 13.5. The van der Waals surface area contributed by atoms with Crippen molar-refractivity contribution in [2.75, 3.05) is 6.54 Å². The van der Waals surface area contributed by atoms with Crippen molar-refractivity contribution in [1.29, 1.82) is 0 Å². The summed E-state index contributed by atoms with van der Waals surface area (Å²) in [6.07, 6.45) is 2.94. The van der Waals surface area contributed by atoms with Gasteiger partial charge in [0.2, 0.25) is 0 Å². The average molecular weight is 458 g/mol. The Bertz CT molecular complexity index is 878. The second-order valence-corrected chi connectivity index (χ2v) is 10.4. The van der Waals surface area contributed by atoms with Gasteiger partial charge in [-0.05, 0) is 69.8 Å². The molecular formula is C27H36ClNO3. The third kappa shape index (κ3) is 6.12. The van der Waals surface area contributed by atoms with Gasteiger partial charge in [0.1, 0.15) is 5.60 Å². The maximum Gasteiger partial charge on any atom is 0.311 e. The average Bonchev–Trinajstić information content (AvgIpc) is 2.73. The Morgan fingerprint density at radius 3 is 2.38 bits per heavy atom. The van der Waals surface area contributed by atoms with Gasteiger partial charge in [-0.2, -0.15) is 0 Å². The Labute approximate surface area is 197 Å². The third-order valence-electron chi connectivity index (χ3n) is 6.21. The summed E-state index contributed by atoms with van der Waals surface area (Å²) in [5, 5.41) is 16.1. The van der Waals surface area contributed by atoms with Crippen LogP contribution >= 0.6 is 11.6 Å². The number of halogens is 1. The Morgan fingerprint density at radius 1 is 1.12 bits per heavy atom. The highest BCUT2D eigenvalue weighted by atomic mass is 35.5. The molecule has 0 aliphatic heterocycles. The number of aliphatic hydroxyl groups is 1. The largest absolute Gasteiger partial charge is 0.460 e. The van der Waals surface area contributed by atoms with E-state index in [-0.39, 0.29) is 23.8 Å². The van der Waals surface area contributed by atoms with E-state index < -0.39 is 11.2 Å². The van der Waals surface area contributed by atoms with Gasteiger partial charge in [0.25, 0.3) is 0 Å². The SMILES string of the molecule is CCCCN[C@H]1C[C@](O)(c2ccc(Cl)cc2)C[C@H](c2ccccc2)[C@H]1C(=O)OC(C)(C)C. The van der Waals surface area contributed by atoms with Crippen LogP contribution in [0.1, 0.15) is 70.4 Å². The first-order chi connectivity index (χ1) is 15.1. The van der Waals surface area contributed by atoms with Crippen molar-refractivity contribution in [1.82, 2.24) is 5.32 Å². The lowest BCUT2D eigenvalue weighted by molar-refractivity contribution is -0.166. The molecule has 0 aromatic heterocycles. The summed E-state index contributed by atoms with van der Waals surface area (Å²) in [5.74, 6) is -0.779. The van der Waals surface area contributed by atoms with Gasteiger partial charge in [0.05, 0.1) is 11.5 Å². The van der Waals surface area contributed by atoms with Crippen LogP contribution in [0.3, 0.4) is 0 Å². The van der Waals surface area contributed by atoms with Gasteiger partial charge in [0, 0.05) is 17.0 Å². The van der Waals surface area contributed by atoms with Gasteiger partial charge in [0.15, 0.2) is 0 Å². The molecule has 2 aromatic rings. The number of carbonyl (C=O) groups is 1. The molecule has 1 aliphatic rings. The summed E-state index contributed by atoms with van der Waals surface area (Å²) in [6.45, 7) is 8.63. The number of hydrogen-bond donors (Lipinski definition) is 2. The third-order valence-corrected chi connectivity index (χ3v) is 6.46. The van der Waals surface area contributed by atoms with E-state index in [1.807, 2.05) is 75.4 Å². The molecule has 2 N–H and O–H groups in total. The fourth-order valence-electron chi connectivity index (χ4n) is 4.73. The van der Waals surface area contributed by atoms with Crippen LogP contribution in [0.2, 0.25) is 5.02 Å². The zero-order chi connectivity index (χ0) is 23.4. The molecule has 1 aliphatic carbocycles. The summed E-state index contributed by atoms with van der Waals surface area (Å²) < 4.78 is 5.88. The molecule has 1 fully saturated rings. The van der Waals surface area contributed by atoms with Crippen LogP contribution in [0.15, 0.2) is 54.6 Å². The predicted octanol–water partition coefficient (Wildman–Crippen LogP) is 5.82. The number of carbonyl (C=O) groups excluding carboxylic acids is 1. The van der Waals surface area contributed by atoms with E-state index in [0.717, 1.165) is 30.5 Å². The molecule has 0 amide bonds. The van der Waals surface area contributed by atoms with E-state index in [2.05, 4.69) is 12.2 Å². The lowest BCUT2D eigenvalue weighted by Crippen LogP contribution is -2.54. The van der Waals surface area contributed by atoms with E-state index in [0.29, 0.717) is 17.9 Å². The number of nitrogens with one attached hydrogen (secondary N) is 1. The van der Waals surface area contributed by atoms with Crippen LogP contribution in [0, 0.1) is 5.92 Å². The van der Waals surface area contributed by atoms with Gasteiger partial charge in [-0.3, -0.25) is 4.79 Å². The molecule has 0 unspecified atom stereocenters. The van der Waals surface area contributed by atoms with Crippen molar-refractivity contribution in [2.45, 2.75) is 76.5 Å². The molecule has 0 saturated heterocycles. The normalized spacial score (nSPS) is 26.0. The molecule has 4 nitrogen and oxygen atoms in total. The molecule has 0 radical (unpaired) electrons. The molecule has 1 saturated carbocycles. The first-order valence-corrected chi connectivity index (χ1v) is 12.0. The minimum absolute atomic E-state index is 0.181. The zero-order valence-electron chi connectivity index (χ0n) is 19.6. The molecule has 3 rings (SSSR count). The van der Waals surface area contributed by atoms with Gasteiger partial charge >= 0.3 is 5.97 Å². The molecule has 0 heterocycles. The van der Waals surface area contributed by atoms with Crippen molar-refractivity contribution in [3.05, 3.63) is 70.7 Å². The van der Waals surface area contributed by atoms with Crippen molar-refractivity contribution in [3.63, 3.8) is 0 Å². The van der Waals surface area contributed by atoms with Crippen LogP contribution in [0.4, 0.5) is 0 Å². The molecule has 0 bridgehead atoms. The number of rotatable bonds is 7. The van der Waals surface area contributed by atoms with E-state index in [1.165, 1.54) is 0 Å². The summed E-state index contributed by atoms with van der Waals surface area (Å²) in [6, 6.07) is 17.2. The highest BCUT2D eigenvalue weighted by Crippen LogP contribution is 2.48. The quantitative estimate of drug-likeness (QED) is 0.406. The summed E-state index contributed by atoms with van der Waals surface area (Å²) in [7, 11) is 0. The Balaban J connectivity index is 2.03. The maximum absolute atomic E-state index is 13.5. The molecule has 32 heavy (non-hydrogen) atoms. The fraction of sp³-hybridized carbons (Fsp3) is 0.519. The maximum atomic E-state index is 13.5. The van der Waals surface area contributed by atoms with E-state index in [4.69, 9.17) is 16.3 Å². The number of hydrogen-bond acceptors (Lipinski definition) is 4. The van der Waals surface area contributed by atoms with Crippen molar-refractivity contribution >= 4 is 17.6 Å². The second kappa shape index (κ2) is 10.4. The van der Waals surface area contributed by atoms with Crippen LogP contribution in [-0.4, -0.2) is 29.3 Å². The topological polar surface area (TPSA) is 58.6 Å². The van der Waals surface area contributed by atoms with Crippen LogP contribution in [-0.2, 0) is 15.1 Å². The first kappa shape index (κ1) is 24.8. The molecule has 0 spiro atoms. The highest BCUT2D eigenvalue weighted by molar-refractivity contribution is 6.30. The van der Waals surface area contributed by atoms with Crippen LogP contribution in [0.5, 0.6) is 0 Å². The van der Waals surface area contributed by atoms with Crippen molar-refractivity contribution < 1.29 is 14.6 Å². The number of esters is 1. The molecule has 4 atom stereocenters. The number of ether oxygens (including phenoxy) is 1. The second-order valence-electron chi connectivity index (χ2n) is 9.94. The summed E-state index contributed by atoms with van der Waals surface area (Å²) in [5.41, 5.74) is 0.217. The lowest BCUT2D eigenvalue weighted by Gasteiger charge is -2.46. The minimum atomic E-state index is -1.08. The lowest BCUT2D eigenvalue weighted by atomic mass is 9.64. The van der Waals surface area contributed by atoms with Gasteiger partial charge in [-0.15, -0.1) is 0 Å². The van der Waals surface area contributed by atoms with Gasteiger partial charge in [-0.25, -0.2) is 0 Å². The molecule has 174 valence electrons. The standard InChI is InChI=1S/C27H36ClNO3/c1-5-6-16-29-23-18-27(31,20-12-14-21(28)15-13-20)17-22(19-10-8-7-9-11-19)24(23)25(30)32-26(2,3)4/h7-15,22-24,29,31H,5-6,16-18H2,1-4H3/t22-,23+,24-,27+/m1/s1.